The molecule has 0 saturated carbocycles. The zero-order valence-corrected chi connectivity index (χ0v) is 30.7. The lowest BCUT2D eigenvalue weighted by atomic mass is 10.1. The van der Waals surface area contributed by atoms with Crippen LogP contribution in [0.5, 0.6) is 17.4 Å². The fraction of sp³-hybridized carbons (Fsp3) is 0.378. The maximum Gasteiger partial charge on any atom is 0.239 e. The first kappa shape index (κ1) is 38.8. The molecule has 4 aromatic rings. The highest BCUT2D eigenvalue weighted by molar-refractivity contribution is 8.01. The van der Waals surface area contributed by atoms with Gasteiger partial charge in [0.25, 0.3) is 0 Å². The molecule has 4 heterocycles. The molecule has 5 rings (SSSR count). The van der Waals surface area contributed by atoms with Crippen LogP contribution in [-0.4, -0.2) is 62.9 Å². The van der Waals surface area contributed by atoms with Crippen molar-refractivity contribution in [3.63, 3.8) is 0 Å². The van der Waals surface area contributed by atoms with Gasteiger partial charge in [0, 0.05) is 25.1 Å². The smallest absolute Gasteiger partial charge is 0.239 e. The Morgan fingerprint density at radius 2 is 1.73 bits per heavy atom. The van der Waals surface area contributed by atoms with E-state index in [1.807, 2.05) is 73.3 Å². The van der Waals surface area contributed by atoms with Crippen LogP contribution in [0.15, 0.2) is 85.2 Å². The number of rotatable bonds is 11. The van der Waals surface area contributed by atoms with Crippen LogP contribution >= 0.6 is 11.9 Å². The maximum absolute atomic E-state index is 6.10. The first-order chi connectivity index (χ1) is 23.8. The summed E-state index contributed by atoms with van der Waals surface area (Å²) in [6, 6.07) is 11.1. The normalized spacial score (nSPS) is 15.7. The minimum atomic E-state index is -0.251. The van der Waals surface area contributed by atoms with Crippen LogP contribution in [-0.2, 0) is 4.74 Å². The van der Waals surface area contributed by atoms with Crippen LogP contribution in [0.25, 0.3) is 17.2 Å². The monoisotopic (exact) mass is 687 g/mol. The summed E-state index contributed by atoms with van der Waals surface area (Å²) < 4.78 is 28.1. The standard InChI is InChI=1S/C26H29N7O4S.C6H12.C5H8/c1-16-14-27-24(28-15-16)23-20(11-7-13-37-23)38-32-26-31-30-25(17-8-5-12-21(29-17)36-4)33(26)22-18(34-2)9-6-10-19(22)35-3;1-4-6(3)5-2;1-3-5-4-2/h5-6,8-10,12,14-15,20,23H,7,11,13H2,1-4H3,(H,31,32);4H,5H2,1-3H3;3-5H,1H2,2H3/b;6-4-;5-4-. The summed E-state index contributed by atoms with van der Waals surface area (Å²) in [7, 11) is 4.79. The molecule has 49 heavy (non-hydrogen) atoms. The minimum Gasteiger partial charge on any atom is -0.494 e. The SMILES string of the molecule is C/C=C(/C)CC.C=C/C=C\C.COc1cccc(-c2nnc(NSC3CCCOC3c3ncc(C)cn3)n2-c2c(OC)cccc2OC)n1. The number of ether oxygens (including phenoxy) is 4. The molecule has 0 amide bonds. The Hall–Kier alpha value is -4.68. The van der Waals surface area contributed by atoms with Crippen molar-refractivity contribution in [1.29, 1.82) is 0 Å². The number of pyridine rings is 1. The molecule has 1 fully saturated rings. The third-order valence-corrected chi connectivity index (χ3v) is 8.54. The van der Waals surface area contributed by atoms with E-state index < -0.39 is 0 Å². The van der Waals surface area contributed by atoms with Crippen LogP contribution in [0, 0.1) is 6.92 Å². The molecule has 0 radical (unpaired) electrons. The summed E-state index contributed by atoms with van der Waals surface area (Å²) in [5.41, 5.74) is 3.69. The number of anilines is 1. The van der Waals surface area contributed by atoms with Crippen molar-refractivity contribution in [2.45, 2.75) is 65.2 Å². The number of hydrogen-bond acceptors (Lipinski definition) is 11. The van der Waals surface area contributed by atoms with E-state index in [2.05, 4.69) is 63.3 Å². The van der Waals surface area contributed by atoms with Gasteiger partial charge in [-0.2, -0.15) is 0 Å². The van der Waals surface area contributed by atoms with Crippen molar-refractivity contribution in [3.8, 4) is 34.6 Å². The van der Waals surface area contributed by atoms with E-state index in [1.165, 1.54) is 23.9 Å². The minimum absolute atomic E-state index is 0.0505. The number of allylic oxidation sites excluding steroid dienone is 5. The lowest BCUT2D eigenvalue weighted by Crippen LogP contribution is -2.27. The Kier molecular flexibility index (Phi) is 16.3. The quantitative estimate of drug-likeness (QED) is 0.0928. The van der Waals surface area contributed by atoms with Gasteiger partial charge in [-0.25, -0.2) is 15.0 Å². The average molecular weight is 688 g/mol. The van der Waals surface area contributed by atoms with E-state index in [4.69, 9.17) is 18.9 Å². The van der Waals surface area contributed by atoms with Gasteiger partial charge in [-0.3, -0.25) is 9.29 Å². The summed E-state index contributed by atoms with van der Waals surface area (Å²) in [5, 5.41) is 9.03. The summed E-state index contributed by atoms with van der Waals surface area (Å²) in [5.74, 6) is 3.29. The van der Waals surface area contributed by atoms with Gasteiger partial charge < -0.3 is 18.9 Å². The molecule has 2 unspecified atom stereocenters. The molecule has 12 heteroatoms. The van der Waals surface area contributed by atoms with Crippen LogP contribution in [0.4, 0.5) is 5.95 Å². The summed E-state index contributed by atoms with van der Waals surface area (Å²) in [6.07, 6.45) is 14.1. The van der Waals surface area contributed by atoms with E-state index >= 15 is 0 Å². The summed E-state index contributed by atoms with van der Waals surface area (Å²) in [4.78, 5) is 13.6. The third kappa shape index (κ3) is 10.9. The Morgan fingerprint density at radius 1 is 1.04 bits per heavy atom. The zero-order valence-electron chi connectivity index (χ0n) is 29.8. The highest BCUT2D eigenvalue weighted by atomic mass is 32.2. The fourth-order valence-electron chi connectivity index (χ4n) is 4.57. The van der Waals surface area contributed by atoms with Crippen LogP contribution in [0.1, 0.15) is 64.4 Å². The van der Waals surface area contributed by atoms with Gasteiger partial charge in [0.05, 0.1) is 26.6 Å². The lowest BCUT2D eigenvalue weighted by molar-refractivity contribution is 0.0147. The van der Waals surface area contributed by atoms with Crippen molar-refractivity contribution in [2.24, 2.45) is 0 Å². The molecular weight excluding hydrogens is 639 g/mol. The number of para-hydroxylation sites is 1. The van der Waals surface area contributed by atoms with E-state index in [0.29, 0.717) is 53.0 Å². The molecule has 2 atom stereocenters. The number of nitrogens with zero attached hydrogens (tertiary/aromatic N) is 6. The molecule has 1 saturated heterocycles. The topological polar surface area (TPSA) is 118 Å². The molecule has 0 bridgehead atoms. The zero-order chi connectivity index (χ0) is 35.6. The van der Waals surface area contributed by atoms with E-state index in [1.54, 1.807) is 33.5 Å². The lowest BCUT2D eigenvalue weighted by Gasteiger charge is -2.30. The molecule has 0 aliphatic carbocycles. The molecule has 1 aliphatic heterocycles. The van der Waals surface area contributed by atoms with Gasteiger partial charge in [0.15, 0.2) is 11.6 Å². The number of aromatic nitrogens is 6. The fourth-order valence-corrected chi connectivity index (χ4v) is 5.56. The Labute approximate surface area is 295 Å². The summed E-state index contributed by atoms with van der Waals surface area (Å²) >= 11 is 1.50. The third-order valence-electron chi connectivity index (χ3n) is 7.45. The molecule has 0 spiro atoms. The van der Waals surface area contributed by atoms with Crippen molar-refractivity contribution in [2.75, 3.05) is 32.7 Å². The second-order valence-corrected chi connectivity index (χ2v) is 11.9. The Bertz CT molecular complexity index is 1630. The van der Waals surface area contributed by atoms with Crippen molar-refractivity contribution >= 4 is 17.9 Å². The second kappa shape index (κ2) is 20.6. The van der Waals surface area contributed by atoms with Gasteiger partial charge in [-0.05, 0) is 82.7 Å². The van der Waals surface area contributed by atoms with Gasteiger partial charge in [0.2, 0.25) is 11.8 Å². The molecule has 1 aromatic carbocycles. The van der Waals surface area contributed by atoms with E-state index in [-0.39, 0.29) is 11.4 Å². The number of benzene rings is 1. The highest BCUT2D eigenvalue weighted by Gasteiger charge is 2.32. The highest BCUT2D eigenvalue weighted by Crippen LogP contribution is 2.40. The van der Waals surface area contributed by atoms with Crippen LogP contribution in [0.2, 0.25) is 0 Å². The largest absolute Gasteiger partial charge is 0.494 e. The number of nitrogens with one attached hydrogen (secondary N) is 1. The molecule has 1 aliphatic rings. The first-order valence-electron chi connectivity index (χ1n) is 16.2. The predicted octanol–water partition coefficient (Wildman–Crippen LogP) is 8.55. The number of methoxy groups -OCH3 is 3. The van der Waals surface area contributed by atoms with Gasteiger partial charge in [-0.15, -0.1) is 10.2 Å². The molecule has 262 valence electrons. The first-order valence-corrected chi connectivity index (χ1v) is 17.1. The van der Waals surface area contributed by atoms with Crippen molar-refractivity contribution in [3.05, 3.63) is 96.6 Å². The van der Waals surface area contributed by atoms with E-state index in [9.17, 15) is 0 Å². The maximum atomic E-state index is 6.10. The van der Waals surface area contributed by atoms with Crippen LogP contribution < -0.4 is 18.9 Å². The van der Waals surface area contributed by atoms with Crippen molar-refractivity contribution < 1.29 is 18.9 Å². The molecular formula is C37H49N7O4S. The Morgan fingerprint density at radius 3 is 2.29 bits per heavy atom. The number of aryl methyl sites for hydroxylation is 1. The molecule has 11 nitrogen and oxygen atoms in total. The van der Waals surface area contributed by atoms with Crippen molar-refractivity contribution in [1.82, 2.24) is 29.7 Å². The predicted molar refractivity (Wildman–Crippen MR) is 199 cm³/mol. The Balaban J connectivity index is 0.000000513. The average Bonchev–Trinajstić information content (AvgIpc) is 3.58. The number of hydrogen-bond donors (Lipinski definition) is 1. The van der Waals surface area contributed by atoms with Gasteiger partial charge >= 0.3 is 0 Å². The second-order valence-electron chi connectivity index (χ2n) is 10.8. The van der Waals surface area contributed by atoms with Gasteiger partial charge in [0.1, 0.15) is 29.0 Å². The summed E-state index contributed by atoms with van der Waals surface area (Å²) in [6.45, 7) is 14.4. The molecule has 1 N–H and O–H groups in total. The molecule has 3 aromatic heterocycles. The van der Waals surface area contributed by atoms with E-state index in [0.717, 1.165) is 18.4 Å². The van der Waals surface area contributed by atoms with Crippen LogP contribution in [0.3, 0.4) is 0 Å². The van der Waals surface area contributed by atoms with Gasteiger partial charge in [-0.1, -0.05) is 55.5 Å².